The van der Waals surface area contributed by atoms with Crippen molar-refractivity contribution in [2.24, 2.45) is 0 Å². The Morgan fingerprint density at radius 2 is 1.24 bits per heavy atom. The Kier molecular flexibility index (Phi) is 6.78. The first-order valence-corrected chi connectivity index (χ1v) is 13.1. The minimum Gasteiger partial charge on any atom is -0.494 e. The molecule has 4 aromatic carbocycles. The average Bonchev–Trinajstić information content (AvgIpc) is 3.16. The van der Waals surface area contributed by atoms with E-state index in [9.17, 15) is 4.39 Å². The van der Waals surface area contributed by atoms with Crippen LogP contribution in [-0.4, -0.2) is 6.61 Å². The molecule has 0 unspecified atom stereocenters. The van der Waals surface area contributed by atoms with Crippen LogP contribution in [0.5, 0.6) is 5.75 Å². The maximum absolute atomic E-state index is 13.7. The zero-order chi connectivity index (χ0) is 22.6. The van der Waals surface area contributed by atoms with Crippen molar-refractivity contribution in [2.75, 3.05) is 6.61 Å². The van der Waals surface area contributed by atoms with Crippen LogP contribution in [0, 0.1) is 5.82 Å². The smallest absolute Gasteiger partial charge is 0.123 e. The Hall–Kier alpha value is -2.65. The maximum atomic E-state index is 13.7. The molecule has 0 aliphatic rings. The van der Waals surface area contributed by atoms with Gasteiger partial charge in [0.05, 0.1) is 6.61 Å². The standard InChI is InChI=1S/C30H31FOS/c1-2-3-4-5-6-7-8-9-14-32-26-13-11-21-17-27-28-18-23-15-25(31)12-10-22(23)19-29(28)33-30(27)20-24(21)16-26/h10-13,15-20H,2-9,14H2,1H3. The van der Waals surface area contributed by atoms with Crippen LogP contribution in [0.4, 0.5) is 4.39 Å². The number of fused-ring (bicyclic) bond motifs is 5. The molecule has 0 saturated carbocycles. The zero-order valence-corrected chi connectivity index (χ0v) is 20.1. The van der Waals surface area contributed by atoms with Gasteiger partial charge in [-0.05, 0) is 76.5 Å². The number of hydrogen-bond acceptors (Lipinski definition) is 2. The lowest BCUT2D eigenvalue weighted by atomic mass is 10.0. The number of ether oxygens (including phenoxy) is 1. The Morgan fingerprint density at radius 1 is 0.636 bits per heavy atom. The predicted molar refractivity (Wildman–Crippen MR) is 142 cm³/mol. The molecule has 0 atom stereocenters. The van der Waals surface area contributed by atoms with E-state index in [2.05, 4.69) is 49.4 Å². The third-order valence-corrected chi connectivity index (χ3v) is 7.70. The number of unbranched alkanes of at least 4 members (excludes halogenated alkanes) is 7. The molecule has 0 saturated heterocycles. The number of hydrogen-bond donors (Lipinski definition) is 0. The van der Waals surface area contributed by atoms with Gasteiger partial charge in [-0.15, -0.1) is 11.3 Å². The number of thiophene rings is 1. The quantitative estimate of drug-likeness (QED) is 0.189. The highest BCUT2D eigenvalue weighted by molar-refractivity contribution is 7.26. The highest BCUT2D eigenvalue weighted by Crippen LogP contribution is 2.39. The first-order chi connectivity index (χ1) is 16.2. The summed E-state index contributed by atoms with van der Waals surface area (Å²) in [6, 6.07) is 20.2. The topological polar surface area (TPSA) is 9.23 Å². The van der Waals surface area contributed by atoms with E-state index in [1.165, 1.54) is 82.0 Å². The van der Waals surface area contributed by atoms with Crippen LogP contribution in [0.2, 0.25) is 0 Å². The largest absolute Gasteiger partial charge is 0.494 e. The van der Waals surface area contributed by atoms with Crippen LogP contribution < -0.4 is 4.74 Å². The van der Waals surface area contributed by atoms with Crippen molar-refractivity contribution in [1.29, 1.82) is 0 Å². The molecular formula is C30H31FOS. The maximum Gasteiger partial charge on any atom is 0.123 e. The van der Waals surface area contributed by atoms with E-state index in [1.807, 2.05) is 6.07 Å². The van der Waals surface area contributed by atoms with E-state index < -0.39 is 0 Å². The van der Waals surface area contributed by atoms with Gasteiger partial charge < -0.3 is 4.74 Å². The fourth-order valence-electron chi connectivity index (χ4n) is 4.73. The summed E-state index contributed by atoms with van der Waals surface area (Å²) in [4.78, 5) is 0. The molecule has 3 heteroatoms. The fraction of sp³-hybridized carbons (Fsp3) is 0.333. The van der Waals surface area contributed by atoms with Crippen LogP contribution in [0.15, 0.2) is 60.7 Å². The minimum atomic E-state index is -0.189. The van der Waals surface area contributed by atoms with Gasteiger partial charge in [-0.25, -0.2) is 4.39 Å². The Morgan fingerprint density at radius 3 is 2.03 bits per heavy atom. The molecule has 0 bridgehead atoms. The number of benzene rings is 4. The van der Waals surface area contributed by atoms with E-state index in [4.69, 9.17) is 4.74 Å². The third kappa shape index (κ3) is 4.99. The summed E-state index contributed by atoms with van der Waals surface area (Å²) in [5, 5.41) is 6.88. The molecule has 0 aliphatic carbocycles. The van der Waals surface area contributed by atoms with Gasteiger partial charge >= 0.3 is 0 Å². The highest BCUT2D eigenvalue weighted by atomic mass is 32.1. The van der Waals surface area contributed by atoms with Gasteiger partial charge in [0, 0.05) is 20.2 Å². The van der Waals surface area contributed by atoms with Crippen LogP contribution in [0.1, 0.15) is 58.3 Å². The Labute approximate surface area is 199 Å². The first kappa shape index (κ1) is 22.2. The average molecular weight is 459 g/mol. The lowest BCUT2D eigenvalue weighted by Crippen LogP contribution is -1.97. The normalized spacial score (nSPS) is 11.8. The molecule has 0 spiro atoms. The van der Waals surface area contributed by atoms with Crippen molar-refractivity contribution in [3.8, 4) is 5.75 Å². The molecule has 170 valence electrons. The van der Waals surface area contributed by atoms with Crippen LogP contribution in [-0.2, 0) is 0 Å². The Bertz CT molecular complexity index is 1400. The Balaban J connectivity index is 1.29. The van der Waals surface area contributed by atoms with Crippen molar-refractivity contribution < 1.29 is 9.13 Å². The molecule has 1 nitrogen and oxygen atoms in total. The molecular weight excluding hydrogens is 427 g/mol. The van der Waals surface area contributed by atoms with Crippen molar-refractivity contribution in [1.82, 2.24) is 0 Å². The van der Waals surface area contributed by atoms with Gasteiger partial charge in [-0.3, -0.25) is 0 Å². The van der Waals surface area contributed by atoms with Crippen molar-refractivity contribution >= 4 is 53.1 Å². The lowest BCUT2D eigenvalue weighted by molar-refractivity contribution is 0.304. The van der Waals surface area contributed by atoms with Gasteiger partial charge in [0.1, 0.15) is 11.6 Å². The van der Waals surface area contributed by atoms with Crippen LogP contribution >= 0.6 is 11.3 Å². The molecule has 0 fully saturated rings. The second kappa shape index (κ2) is 10.1. The van der Waals surface area contributed by atoms with Gasteiger partial charge in [0.2, 0.25) is 0 Å². The number of rotatable bonds is 10. The molecule has 0 radical (unpaired) electrons. The van der Waals surface area contributed by atoms with Gasteiger partial charge in [-0.2, -0.15) is 0 Å². The lowest BCUT2D eigenvalue weighted by Gasteiger charge is -2.08. The van der Waals surface area contributed by atoms with E-state index in [-0.39, 0.29) is 5.82 Å². The molecule has 33 heavy (non-hydrogen) atoms. The molecule has 5 rings (SSSR count). The van der Waals surface area contributed by atoms with E-state index in [0.717, 1.165) is 29.5 Å². The van der Waals surface area contributed by atoms with Gasteiger partial charge in [-0.1, -0.05) is 64.0 Å². The van der Waals surface area contributed by atoms with E-state index >= 15 is 0 Å². The van der Waals surface area contributed by atoms with Crippen LogP contribution in [0.25, 0.3) is 41.7 Å². The highest BCUT2D eigenvalue weighted by Gasteiger charge is 2.09. The SMILES string of the molecule is CCCCCCCCCCOc1ccc2cc3c(cc2c1)sc1cc2ccc(F)cc2cc13. The summed E-state index contributed by atoms with van der Waals surface area (Å²) >= 11 is 1.80. The zero-order valence-electron chi connectivity index (χ0n) is 19.3. The summed E-state index contributed by atoms with van der Waals surface area (Å²) in [5.74, 6) is 0.762. The minimum absolute atomic E-state index is 0.189. The molecule has 0 amide bonds. The van der Waals surface area contributed by atoms with E-state index in [0.29, 0.717) is 0 Å². The molecule has 5 aromatic rings. The predicted octanol–water partition coefficient (Wildman–Crippen LogP) is 10.0. The summed E-state index contributed by atoms with van der Waals surface area (Å²) < 4.78 is 22.3. The van der Waals surface area contributed by atoms with E-state index in [1.54, 1.807) is 17.4 Å². The summed E-state index contributed by atoms with van der Waals surface area (Å²) in [5.41, 5.74) is 0. The van der Waals surface area contributed by atoms with Gasteiger partial charge in [0.25, 0.3) is 0 Å². The van der Waals surface area contributed by atoms with Crippen molar-refractivity contribution in [3.05, 3.63) is 66.5 Å². The molecule has 0 aliphatic heterocycles. The monoisotopic (exact) mass is 458 g/mol. The molecule has 1 heterocycles. The van der Waals surface area contributed by atoms with Crippen LogP contribution in [0.3, 0.4) is 0 Å². The van der Waals surface area contributed by atoms with Gasteiger partial charge in [0.15, 0.2) is 0 Å². The second-order valence-corrected chi connectivity index (χ2v) is 10.2. The second-order valence-electron chi connectivity index (χ2n) is 9.12. The summed E-state index contributed by atoms with van der Waals surface area (Å²) in [6.07, 6.45) is 10.5. The third-order valence-electron chi connectivity index (χ3n) is 6.59. The molecule has 1 aromatic heterocycles. The first-order valence-electron chi connectivity index (χ1n) is 12.3. The molecule has 0 N–H and O–H groups in total. The fourth-order valence-corrected chi connectivity index (χ4v) is 5.89. The van der Waals surface area contributed by atoms with Crippen molar-refractivity contribution in [3.63, 3.8) is 0 Å². The summed E-state index contributed by atoms with van der Waals surface area (Å²) in [6.45, 7) is 3.05. The number of halogens is 1. The summed E-state index contributed by atoms with van der Waals surface area (Å²) in [7, 11) is 0. The van der Waals surface area contributed by atoms with Crippen molar-refractivity contribution in [2.45, 2.75) is 58.3 Å².